The smallest absolute Gasteiger partial charge is 0.410 e. The van der Waals surface area contributed by atoms with Gasteiger partial charge in [-0.3, -0.25) is 4.79 Å². The number of likely N-dealkylation sites (tertiary alicyclic amines) is 1. The molecule has 8 nitrogen and oxygen atoms in total. The summed E-state index contributed by atoms with van der Waals surface area (Å²) in [7, 11) is 0. The van der Waals surface area contributed by atoms with Crippen LogP contribution in [0.4, 0.5) is 16.4 Å². The molecule has 0 bridgehead atoms. The maximum atomic E-state index is 13.2. The van der Waals surface area contributed by atoms with Crippen LogP contribution in [0.15, 0.2) is 24.4 Å². The van der Waals surface area contributed by atoms with Crippen LogP contribution in [-0.2, 0) is 11.2 Å². The van der Waals surface area contributed by atoms with Crippen molar-refractivity contribution in [3.63, 3.8) is 0 Å². The van der Waals surface area contributed by atoms with Crippen molar-refractivity contribution >= 4 is 23.6 Å². The molecule has 0 spiro atoms. The van der Waals surface area contributed by atoms with Gasteiger partial charge in [0.2, 0.25) is 5.95 Å². The Labute approximate surface area is 195 Å². The second kappa shape index (κ2) is 9.00. The van der Waals surface area contributed by atoms with Crippen LogP contribution in [-0.4, -0.2) is 63.0 Å². The highest BCUT2D eigenvalue weighted by Gasteiger charge is 2.35. The van der Waals surface area contributed by atoms with Crippen molar-refractivity contribution in [3.05, 3.63) is 46.8 Å². The van der Waals surface area contributed by atoms with E-state index in [9.17, 15) is 9.59 Å². The second-order valence-electron chi connectivity index (χ2n) is 10.0. The number of aromatic nitrogens is 2. The fourth-order valence-corrected chi connectivity index (χ4v) is 4.54. The minimum atomic E-state index is -0.508. The Kier molecular flexibility index (Phi) is 6.28. The number of benzene rings is 1. The predicted octanol–water partition coefficient (Wildman–Crippen LogP) is 4.23. The normalized spacial score (nSPS) is 17.1. The molecule has 3 heterocycles. The summed E-state index contributed by atoms with van der Waals surface area (Å²) in [4.78, 5) is 38.2. The van der Waals surface area contributed by atoms with Gasteiger partial charge in [-0.25, -0.2) is 14.8 Å². The Balaban J connectivity index is 1.39. The lowest BCUT2D eigenvalue weighted by Gasteiger charge is -2.40. The van der Waals surface area contributed by atoms with Gasteiger partial charge in [0, 0.05) is 44.0 Å². The van der Waals surface area contributed by atoms with E-state index in [0.717, 1.165) is 24.2 Å². The number of fused-ring (bicyclic) bond motifs is 1. The molecule has 2 aliphatic rings. The number of rotatable bonds is 3. The van der Waals surface area contributed by atoms with Crippen molar-refractivity contribution in [1.29, 1.82) is 0 Å². The van der Waals surface area contributed by atoms with Crippen LogP contribution >= 0.6 is 0 Å². The standard InChI is InChI=1S/C25H33N5O3/c1-16-12-17(2)14-18(13-16)27-23-26-15-20-21(28-23)8-11-30(22(20)31)19-6-9-29(10-7-19)24(32)33-25(3,4)5/h12-15,19H,6-11H2,1-5H3,(H,26,27,28). The third-order valence-corrected chi connectivity index (χ3v) is 5.98. The van der Waals surface area contributed by atoms with Gasteiger partial charge in [-0.05, 0) is 70.7 Å². The predicted molar refractivity (Wildman–Crippen MR) is 127 cm³/mol. The van der Waals surface area contributed by atoms with Crippen molar-refractivity contribution in [2.24, 2.45) is 0 Å². The maximum Gasteiger partial charge on any atom is 0.410 e. The van der Waals surface area contributed by atoms with Crippen LogP contribution in [0.1, 0.15) is 60.8 Å². The highest BCUT2D eigenvalue weighted by Crippen LogP contribution is 2.26. The van der Waals surface area contributed by atoms with E-state index in [1.807, 2.05) is 37.8 Å². The Morgan fingerprint density at radius 2 is 1.76 bits per heavy atom. The van der Waals surface area contributed by atoms with Crippen LogP contribution in [0.5, 0.6) is 0 Å². The van der Waals surface area contributed by atoms with Crippen molar-refractivity contribution in [2.75, 3.05) is 25.0 Å². The van der Waals surface area contributed by atoms with Crippen molar-refractivity contribution < 1.29 is 14.3 Å². The molecule has 4 rings (SSSR count). The summed E-state index contributed by atoms with van der Waals surface area (Å²) in [5.41, 5.74) is 4.11. The first-order valence-corrected chi connectivity index (χ1v) is 11.6. The quantitative estimate of drug-likeness (QED) is 0.751. The van der Waals surface area contributed by atoms with Gasteiger partial charge in [0.25, 0.3) is 5.91 Å². The summed E-state index contributed by atoms with van der Waals surface area (Å²) in [6.45, 7) is 11.5. The van der Waals surface area contributed by atoms with Crippen LogP contribution in [0.2, 0.25) is 0 Å². The summed E-state index contributed by atoms with van der Waals surface area (Å²) in [6.07, 6.45) is 3.53. The number of carbonyl (C=O) groups excluding carboxylic acids is 2. The zero-order valence-corrected chi connectivity index (χ0v) is 20.1. The lowest BCUT2D eigenvalue weighted by atomic mass is 9.98. The van der Waals surface area contributed by atoms with Crippen molar-refractivity contribution in [1.82, 2.24) is 19.8 Å². The second-order valence-corrected chi connectivity index (χ2v) is 10.0. The number of ether oxygens (including phenoxy) is 1. The van der Waals surface area contributed by atoms with E-state index in [1.54, 1.807) is 11.1 Å². The van der Waals surface area contributed by atoms with E-state index in [0.29, 0.717) is 37.6 Å². The van der Waals surface area contributed by atoms with E-state index in [4.69, 9.17) is 4.74 Å². The fourth-order valence-electron chi connectivity index (χ4n) is 4.54. The number of hydrogen-bond acceptors (Lipinski definition) is 6. The largest absolute Gasteiger partial charge is 0.444 e. The monoisotopic (exact) mass is 451 g/mol. The van der Waals surface area contributed by atoms with Gasteiger partial charge in [-0.1, -0.05) is 6.07 Å². The highest BCUT2D eigenvalue weighted by molar-refractivity contribution is 5.96. The first-order chi connectivity index (χ1) is 15.6. The molecule has 1 aromatic heterocycles. The molecule has 1 aromatic carbocycles. The van der Waals surface area contributed by atoms with Gasteiger partial charge in [-0.2, -0.15) is 0 Å². The van der Waals surface area contributed by atoms with Gasteiger partial charge in [0.1, 0.15) is 5.60 Å². The number of anilines is 2. The summed E-state index contributed by atoms with van der Waals surface area (Å²) in [5.74, 6) is 0.482. The minimum absolute atomic E-state index is 0.0232. The van der Waals surface area contributed by atoms with E-state index in [-0.39, 0.29) is 18.0 Å². The number of aryl methyl sites for hydroxylation is 2. The van der Waals surface area contributed by atoms with Crippen molar-refractivity contribution in [3.8, 4) is 0 Å². The Morgan fingerprint density at radius 1 is 1.09 bits per heavy atom. The lowest BCUT2D eigenvalue weighted by Crippen LogP contribution is -2.51. The van der Waals surface area contributed by atoms with Crippen LogP contribution in [0, 0.1) is 13.8 Å². The molecule has 1 N–H and O–H groups in total. The number of nitrogens with one attached hydrogen (secondary N) is 1. The molecule has 0 atom stereocenters. The topological polar surface area (TPSA) is 87.7 Å². The number of carbonyl (C=O) groups is 2. The number of piperidine rings is 1. The number of nitrogens with zero attached hydrogens (tertiary/aromatic N) is 4. The SMILES string of the molecule is Cc1cc(C)cc(Nc2ncc3c(n2)CCN(C2CCN(C(=O)OC(C)(C)C)CC2)C3=O)c1. The third kappa shape index (κ3) is 5.43. The van der Waals surface area contributed by atoms with Gasteiger partial charge in [0.15, 0.2) is 0 Å². The zero-order chi connectivity index (χ0) is 23.8. The molecule has 2 aliphatic heterocycles. The molecule has 2 amide bonds. The molecule has 0 aliphatic carbocycles. The lowest BCUT2D eigenvalue weighted by molar-refractivity contribution is 0.0144. The zero-order valence-electron chi connectivity index (χ0n) is 20.1. The van der Waals surface area contributed by atoms with E-state index < -0.39 is 5.60 Å². The molecule has 2 aromatic rings. The fraction of sp³-hybridized carbons (Fsp3) is 0.520. The molecule has 1 fully saturated rings. The number of hydrogen-bond donors (Lipinski definition) is 1. The molecule has 0 radical (unpaired) electrons. The first-order valence-electron chi connectivity index (χ1n) is 11.6. The Hall–Kier alpha value is -3.16. The molecule has 33 heavy (non-hydrogen) atoms. The third-order valence-electron chi connectivity index (χ3n) is 5.98. The minimum Gasteiger partial charge on any atom is -0.444 e. The summed E-state index contributed by atoms with van der Waals surface area (Å²) < 4.78 is 5.48. The summed E-state index contributed by atoms with van der Waals surface area (Å²) in [5, 5.41) is 3.26. The van der Waals surface area contributed by atoms with Crippen LogP contribution < -0.4 is 5.32 Å². The van der Waals surface area contributed by atoms with Gasteiger partial charge in [0.05, 0.1) is 11.3 Å². The Morgan fingerprint density at radius 3 is 2.39 bits per heavy atom. The van der Waals surface area contributed by atoms with E-state index >= 15 is 0 Å². The highest BCUT2D eigenvalue weighted by atomic mass is 16.6. The number of amides is 2. The van der Waals surface area contributed by atoms with Gasteiger partial charge < -0.3 is 19.9 Å². The Bertz CT molecular complexity index is 1030. The van der Waals surface area contributed by atoms with E-state index in [1.165, 1.54) is 11.1 Å². The molecular formula is C25H33N5O3. The molecule has 0 unspecified atom stereocenters. The molecule has 176 valence electrons. The average molecular weight is 452 g/mol. The van der Waals surface area contributed by atoms with Gasteiger partial charge >= 0.3 is 6.09 Å². The summed E-state index contributed by atoms with van der Waals surface area (Å²) in [6, 6.07) is 6.32. The van der Waals surface area contributed by atoms with Crippen molar-refractivity contribution in [2.45, 2.75) is 65.5 Å². The van der Waals surface area contributed by atoms with Crippen LogP contribution in [0.3, 0.4) is 0 Å². The average Bonchev–Trinajstić information content (AvgIpc) is 2.72. The van der Waals surface area contributed by atoms with E-state index in [2.05, 4.69) is 35.2 Å². The van der Waals surface area contributed by atoms with Gasteiger partial charge in [-0.15, -0.1) is 0 Å². The van der Waals surface area contributed by atoms with Crippen LogP contribution in [0.25, 0.3) is 0 Å². The molecule has 1 saturated heterocycles. The maximum absolute atomic E-state index is 13.2. The first kappa shape index (κ1) is 23.0. The summed E-state index contributed by atoms with van der Waals surface area (Å²) >= 11 is 0. The molecular weight excluding hydrogens is 418 g/mol. The molecule has 8 heteroatoms. The molecule has 0 saturated carbocycles.